The van der Waals surface area contributed by atoms with Gasteiger partial charge in [-0.05, 0) is 48.2 Å². The van der Waals surface area contributed by atoms with Gasteiger partial charge in [0.15, 0.2) is 6.04 Å². The van der Waals surface area contributed by atoms with Crippen LogP contribution in [0.1, 0.15) is 16.9 Å². The van der Waals surface area contributed by atoms with E-state index < -0.39 is 0 Å². The Morgan fingerprint density at radius 2 is 2.00 bits per heavy atom. The topological polar surface area (TPSA) is 63.2 Å². The van der Waals surface area contributed by atoms with Crippen LogP contribution in [-0.4, -0.2) is 31.5 Å². The first-order valence-corrected chi connectivity index (χ1v) is 8.85. The first-order valence-electron chi connectivity index (χ1n) is 7.97. The lowest BCUT2D eigenvalue weighted by Gasteiger charge is -2.14. The molecule has 2 amide bonds. The Labute approximate surface area is 145 Å². The van der Waals surface area contributed by atoms with E-state index in [0.29, 0.717) is 11.4 Å². The Balaban J connectivity index is 1.62. The van der Waals surface area contributed by atoms with Crippen LogP contribution in [0.5, 0.6) is 5.75 Å². The third kappa shape index (κ3) is 3.34. The molecule has 24 heavy (non-hydrogen) atoms. The number of carbonyl (C=O) groups excluding carboxylic acids is 2. The molecule has 1 aliphatic heterocycles. The molecular weight excluding hydrogens is 324 g/mol. The van der Waals surface area contributed by atoms with E-state index >= 15 is 0 Å². The highest BCUT2D eigenvalue weighted by Crippen LogP contribution is 2.24. The van der Waals surface area contributed by atoms with Crippen molar-refractivity contribution in [2.24, 2.45) is 0 Å². The lowest BCUT2D eigenvalue weighted by molar-refractivity contribution is -0.674. The van der Waals surface area contributed by atoms with Crippen LogP contribution in [0.2, 0.25) is 0 Å². The van der Waals surface area contributed by atoms with E-state index in [9.17, 15) is 9.59 Å². The SMILES string of the molecule is COc1ccc(N2C(=O)C[C@H]([NH2+]CCc3sccc3C)C2=O)cc1. The van der Waals surface area contributed by atoms with Crippen molar-refractivity contribution in [2.45, 2.75) is 25.8 Å². The molecule has 1 aromatic carbocycles. The maximum absolute atomic E-state index is 12.6. The molecule has 0 unspecified atom stereocenters. The highest BCUT2D eigenvalue weighted by molar-refractivity contribution is 7.10. The minimum Gasteiger partial charge on any atom is -0.497 e. The minimum atomic E-state index is -0.320. The number of hydrogen-bond donors (Lipinski definition) is 1. The van der Waals surface area contributed by atoms with Crippen molar-refractivity contribution in [1.82, 2.24) is 0 Å². The molecule has 2 heterocycles. The van der Waals surface area contributed by atoms with Crippen molar-refractivity contribution < 1.29 is 19.6 Å². The molecule has 0 saturated carbocycles. The van der Waals surface area contributed by atoms with E-state index in [4.69, 9.17) is 4.74 Å². The van der Waals surface area contributed by atoms with Gasteiger partial charge in [-0.25, -0.2) is 4.90 Å². The van der Waals surface area contributed by atoms with Crippen LogP contribution < -0.4 is 15.0 Å². The predicted molar refractivity (Wildman–Crippen MR) is 93.4 cm³/mol. The van der Waals surface area contributed by atoms with Gasteiger partial charge in [-0.15, -0.1) is 11.3 Å². The second-order valence-electron chi connectivity index (χ2n) is 5.88. The number of carbonyl (C=O) groups is 2. The van der Waals surface area contributed by atoms with Gasteiger partial charge in [-0.2, -0.15) is 0 Å². The number of quaternary nitrogens is 1. The number of nitrogens with zero attached hydrogens (tertiary/aromatic N) is 1. The molecule has 0 aliphatic carbocycles. The zero-order valence-corrected chi connectivity index (χ0v) is 14.6. The van der Waals surface area contributed by atoms with Gasteiger partial charge in [-0.1, -0.05) is 0 Å². The van der Waals surface area contributed by atoms with Crippen LogP contribution >= 0.6 is 11.3 Å². The van der Waals surface area contributed by atoms with Gasteiger partial charge < -0.3 is 10.1 Å². The minimum absolute atomic E-state index is 0.131. The molecule has 2 aromatic rings. The lowest BCUT2D eigenvalue weighted by atomic mass is 10.2. The monoisotopic (exact) mass is 345 g/mol. The largest absolute Gasteiger partial charge is 0.497 e. The highest BCUT2D eigenvalue weighted by Gasteiger charge is 2.42. The van der Waals surface area contributed by atoms with Crippen LogP contribution in [0.4, 0.5) is 5.69 Å². The van der Waals surface area contributed by atoms with E-state index in [1.54, 1.807) is 42.7 Å². The van der Waals surface area contributed by atoms with Crippen molar-refractivity contribution >= 4 is 28.8 Å². The van der Waals surface area contributed by atoms with Crippen molar-refractivity contribution in [2.75, 3.05) is 18.6 Å². The number of benzene rings is 1. The summed E-state index contributed by atoms with van der Waals surface area (Å²) >= 11 is 1.74. The van der Waals surface area contributed by atoms with Crippen molar-refractivity contribution in [3.63, 3.8) is 0 Å². The molecule has 6 heteroatoms. The fraction of sp³-hybridized carbons (Fsp3) is 0.333. The quantitative estimate of drug-likeness (QED) is 0.807. The Bertz CT molecular complexity index is 739. The molecule has 0 radical (unpaired) electrons. The molecule has 3 rings (SSSR count). The number of thiophene rings is 1. The average molecular weight is 345 g/mol. The Morgan fingerprint density at radius 1 is 1.25 bits per heavy atom. The predicted octanol–water partition coefficient (Wildman–Crippen LogP) is 1.50. The van der Waals surface area contributed by atoms with Crippen LogP contribution in [-0.2, 0) is 16.0 Å². The van der Waals surface area contributed by atoms with Gasteiger partial charge in [0, 0.05) is 11.3 Å². The van der Waals surface area contributed by atoms with E-state index in [0.717, 1.165) is 13.0 Å². The third-order valence-electron chi connectivity index (χ3n) is 4.30. The second kappa shape index (κ2) is 7.15. The second-order valence-corrected chi connectivity index (χ2v) is 6.88. The number of nitrogens with two attached hydrogens (primary N) is 1. The molecular formula is C18H21N2O3S+. The Morgan fingerprint density at radius 3 is 2.62 bits per heavy atom. The maximum Gasteiger partial charge on any atom is 0.292 e. The fourth-order valence-corrected chi connectivity index (χ4v) is 3.84. The van der Waals surface area contributed by atoms with Gasteiger partial charge in [0.1, 0.15) is 5.75 Å². The van der Waals surface area contributed by atoms with Gasteiger partial charge in [0.05, 0.1) is 25.8 Å². The number of methoxy groups -OCH3 is 1. The van der Waals surface area contributed by atoms with E-state index in [-0.39, 0.29) is 24.3 Å². The lowest BCUT2D eigenvalue weighted by Crippen LogP contribution is -2.92. The Kier molecular flexibility index (Phi) is 4.97. The Hall–Kier alpha value is -2.18. The van der Waals surface area contributed by atoms with Crippen LogP contribution in [0.3, 0.4) is 0 Å². The average Bonchev–Trinajstić information content (AvgIpc) is 3.11. The molecule has 126 valence electrons. The summed E-state index contributed by atoms with van der Waals surface area (Å²) in [6.07, 6.45) is 1.18. The van der Waals surface area contributed by atoms with Gasteiger partial charge in [0.25, 0.3) is 5.91 Å². The number of hydrogen-bond acceptors (Lipinski definition) is 4. The normalized spacial score (nSPS) is 17.6. The summed E-state index contributed by atoms with van der Waals surface area (Å²) in [4.78, 5) is 27.5. The maximum atomic E-state index is 12.6. The summed E-state index contributed by atoms with van der Waals surface area (Å²) in [6, 6.07) is 8.78. The summed E-state index contributed by atoms with van der Waals surface area (Å²) in [5, 5.41) is 4.07. The molecule has 2 N–H and O–H groups in total. The number of ether oxygens (including phenoxy) is 1. The summed E-state index contributed by atoms with van der Waals surface area (Å²) in [6.45, 7) is 2.91. The number of rotatable bonds is 6. The van der Waals surface area contributed by atoms with Crippen LogP contribution in [0.25, 0.3) is 0 Å². The standard InChI is InChI=1S/C18H20N2O3S/c1-12-8-10-24-16(12)7-9-19-15-11-17(21)20(18(15)22)13-3-5-14(23-2)6-4-13/h3-6,8,10,15,19H,7,9,11H2,1-2H3/p+1/t15-/m0/s1. The van der Waals surface area contributed by atoms with Crippen molar-refractivity contribution in [1.29, 1.82) is 0 Å². The summed E-state index contributed by atoms with van der Waals surface area (Å²) in [5.74, 6) is 0.430. The van der Waals surface area contributed by atoms with Crippen molar-refractivity contribution in [3.05, 3.63) is 46.2 Å². The van der Waals surface area contributed by atoms with Crippen LogP contribution in [0, 0.1) is 6.92 Å². The van der Waals surface area contributed by atoms with Crippen LogP contribution in [0.15, 0.2) is 35.7 Å². The summed E-state index contributed by atoms with van der Waals surface area (Å²) < 4.78 is 5.11. The zero-order chi connectivity index (χ0) is 17.1. The molecule has 5 nitrogen and oxygen atoms in total. The number of amides is 2. The van der Waals surface area contributed by atoms with E-state index in [1.807, 2.05) is 5.32 Å². The number of aryl methyl sites for hydroxylation is 1. The molecule has 1 atom stereocenters. The zero-order valence-electron chi connectivity index (χ0n) is 13.8. The van der Waals surface area contributed by atoms with E-state index in [1.165, 1.54) is 15.3 Å². The number of imide groups is 1. The molecule has 1 saturated heterocycles. The highest BCUT2D eigenvalue weighted by atomic mass is 32.1. The van der Waals surface area contributed by atoms with Gasteiger partial charge in [0.2, 0.25) is 5.91 Å². The molecule has 0 spiro atoms. The fourth-order valence-electron chi connectivity index (χ4n) is 2.92. The van der Waals surface area contributed by atoms with E-state index in [2.05, 4.69) is 18.4 Å². The smallest absolute Gasteiger partial charge is 0.292 e. The first kappa shape index (κ1) is 16.7. The number of anilines is 1. The molecule has 1 aliphatic rings. The molecule has 0 bridgehead atoms. The molecule has 1 aromatic heterocycles. The first-order chi connectivity index (χ1) is 11.6. The summed E-state index contributed by atoms with van der Waals surface area (Å²) in [5.41, 5.74) is 1.90. The van der Waals surface area contributed by atoms with Gasteiger partial charge >= 0.3 is 0 Å². The van der Waals surface area contributed by atoms with Crippen molar-refractivity contribution in [3.8, 4) is 5.75 Å². The third-order valence-corrected chi connectivity index (χ3v) is 5.39. The molecule has 1 fully saturated rings. The van der Waals surface area contributed by atoms with Gasteiger partial charge in [-0.3, -0.25) is 9.59 Å². The summed E-state index contributed by atoms with van der Waals surface area (Å²) in [7, 11) is 1.58.